The smallest absolute Gasteiger partial charge is 0.303 e. The summed E-state index contributed by atoms with van der Waals surface area (Å²) in [5, 5.41) is 8.80. The van der Waals surface area contributed by atoms with Crippen LogP contribution in [0.3, 0.4) is 0 Å². The van der Waals surface area contributed by atoms with Crippen molar-refractivity contribution in [3.8, 4) is 0 Å². The summed E-state index contributed by atoms with van der Waals surface area (Å²) in [4.78, 5) is 24.9. The van der Waals surface area contributed by atoms with Gasteiger partial charge in [-0.3, -0.25) is 9.59 Å². The molecule has 1 aromatic carbocycles. The van der Waals surface area contributed by atoms with Crippen molar-refractivity contribution < 1.29 is 23.1 Å². The molecule has 0 aliphatic carbocycles. The molecule has 1 saturated heterocycles. The number of sulfonamides is 1. The van der Waals surface area contributed by atoms with Crippen molar-refractivity contribution in [3.05, 3.63) is 29.8 Å². The zero-order valence-corrected chi connectivity index (χ0v) is 17.6. The van der Waals surface area contributed by atoms with Gasteiger partial charge in [-0.25, -0.2) is 8.42 Å². The molecule has 8 heteroatoms. The molecule has 2 rings (SSSR count). The van der Waals surface area contributed by atoms with Gasteiger partial charge in [0, 0.05) is 39.0 Å². The Bertz CT molecular complexity index is 783. The second-order valence-corrected chi connectivity index (χ2v) is 9.51. The van der Waals surface area contributed by atoms with Crippen LogP contribution in [0.25, 0.3) is 0 Å². The van der Waals surface area contributed by atoms with Crippen LogP contribution >= 0.6 is 0 Å². The number of carbonyl (C=O) groups excluding carboxylic acids is 1. The Hall–Kier alpha value is -1.93. The lowest BCUT2D eigenvalue weighted by molar-refractivity contribution is -0.138. The number of hydrogen-bond donors (Lipinski definition) is 1. The lowest BCUT2D eigenvalue weighted by Crippen LogP contribution is -2.50. The van der Waals surface area contributed by atoms with E-state index in [-0.39, 0.29) is 42.7 Å². The maximum absolute atomic E-state index is 12.9. The van der Waals surface area contributed by atoms with Gasteiger partial charge >= 0.3 is 5.97 Å². The topological polar surface area (TPSA) is 95.0 Å². The van der Waals surface area contributed by atoms with Crippen molar-refractivity contribution in [1.29, 1.82) is 0 Å². The van der Waals surface area contributed by atoms with Crippen LogP contribution in [0.4, 0.5) is 0 Å². The van der Waals surface area contributed by atoms with Gasteiger partial charge in [0.25, 0.3) is 0 Å². The molecule has 0 bridgehead atoms. The molecule has 0 saturated carbocycles. The van der Waals surface area contributed by atoms with Crippen LogP contribution < -0.4 is 0 Å². The highest BCUT2D eigenvalue weighted by molar-refractivity contribution is 7.89. The maximum atomic E-state index is 12.9. The lowest BCUT2D eigenvalue weighted by atomic mass is 9.99. The van der Waals surface area contributed by atoms with E-state index >= 15 is 0 Å². The Morgan fingerprint density at radius 2 is 1.61 bits per heavy atom. The van der Waals surface area contributed by atoms with Crippen molar-refractivity contribution in [2.75, 3.05) is 26.2 Å². The van der Waals surface area contributed by atoms with Gasteiger partial charge in [0.15, 0.2) is 0 Å². The van der Waals surface area contributed by atoms with Crippen LogP contribution in [0.1, 0.15) is 51.5 Å². The lowest BCUT2D eigenvalue weighted by Gasteiger charge is -2.34. The number of nitrogens with zero attached hydrogens (tertiary/aromatic N) is 2. The molecule has 0 radical (unpaired) electrons. The Morgan fingerprint density at radius 1 is 1.04 bits per heavy atom. The van der Waals surface area contributed by atoms with Crippen molar-refractivity contribution in [2.24, 2.45) is 5.92 Å². The van der Waals surface area contributed by atoms with Crippen LogP contribution in [-0.4, -0.2) is 60.8 Å². The first-order valence-electron chi connectivity index (χ1n) is 9.74. The number of rotatable bonds is 8. The molecule has 2 atom stereocenters. The molecule has 28 heavy (non-hydrogen) atoms. The normalized spacial score (nSPS) is 17.9. The van der Waals surface area contributed by atoms with Gasteiger partial charge in [-0.15, -0.1) is 0 Å². The SMILES string of the molecule is CC[C@@H](C)c1ccc(S(=O)(=O)N2CCN(C(=O)C[C@H](C)CC(=O)O)CC2)cc1. The molecular formula is C20H30N2O5S. The molecule has 1 fully saturated rings. The van der Waals surface area contributed by atoms with E-state index < -0.39 is 16.0 Å². The summed E-state index contributed by atoms with van der Waals surface area (Å²) in [6.45, 7) is 7.07. The van der Waals surface area contributed by atoms with E-state index in [2.05, 4.69) is 13.8 Å². The van der Waals surface area contributed by atoms with E-state index in [9.17, 15) is 18.0 Å². The number of piperazine rings is 1. The second-order valence-electron chi connectivity index (χ2n) is 7.57. The summed E-state index contributed by atoms with van der Waals surface area (Å²) < 4.78 is 27.2. The van der Waals surface area contributed by atoms with Crippen molar-refractivity contribution in [2.45, 2.75) is 50.8 Å². The Kier molecular flexibility index (Phi) is 7.60. The van der Waals surface area contributed by atoms with E-state index in [1.807, 2.05) is 12.1 Å². The molecule has 1 amide bonds. The predicted molar refractivity (Wildman–Crippen MR) is 107 cm³/mol. The third-order valence-electron chi connectivity index (χ3n) is 5.34. The molecule has 0 spiro atoms. The van der Waals surface area contributed by atoms with Crippen molar-refractivity contribution >= 4 is 21.9 Å². The molecule has 1 aliphatic rings. The van der Waals surface area contributed by atoms with E-state index in [1.165, 1.54) is 4.31 Å². The molecule has 7 nitrogen and oxygen atoms in total. The van der Waals surface area contributed by atoms with Crippen LogP contribution in [0.15, 0.2) is 29.2 Å². The molecule has 1 heterocycles. The van der Waals surface area contributed by atoms with Gasteiger partial charge in [0.05, 0.1) is 4.90 Å². The van der Waals surface area contributed by atoms with Gasteiger partial charge in [-0.1, -0.05) is 32.9 Å². The minimum absolute atomic E-state index is 0.0489. The average molecular weight is 411 g/mol. The Balaban J connectivity index is 1.96. The summed E-state index contributed by atoms with van der Waals surface area (Å²) >= 11 is 0. The highest BCUT2D eigenvalue weighted by atomic mass is 32.2. The molecule has 1 aromatic rings. The van der Waals surface area contributed by atoms with Crippen LogP contribution in [0, 0.1) is 5.92 Å². The average Bonchev–Trinajstić information content (AvgIpc) is 2.66. The van der Waals surface area contributed by atoms with E-state index in [0.29, 0.717) is 19.0 Å². The monoisotopic (exact) mass is 410 g/mol. The van der Waals surface area contributed by atoms with E-state index in [4.69, 9.17) is 5.11 Å². The van der Waals surface area contributed by atoms with E-state index in [0.717, 1.165) is 12.0 Å². The summed E-state index contributed by atoms with van der Waals surface area (Å²) in [7, 11) is -3.58. The number of aliphatic carboxylic acids is 1. The fourth-order valence-electron chi connectivity index (χ4n) is 3.33. The van der Waals surface area contributed by atoms with Gasteiger partial charge < -0.3 is 10.0 Å². The van der Waals surface area contributed by atoms with Gasteiger partial charge in [-0.05, 0) is 36.0 Å². The fourth-order valence-corrected chi connectivity index (χ4v) is 4.75. The van der Waals surface area contributed by atoms with Crippen LogP contribution in [0.2, 0.25) is 0 Å². The molecular weight excluding hydrogens is 380 g/mol. The maximum Gasteiger partial charge on any atom is 0.303 e. The van der Waals surface area contributed by atoms with Gasteiger partial charge in [-0.2, -0.15) is 4.31 Å². The summed E-state index contributed by atoms with van der Waals surface area (Å²) in [5.41, 5.74) is 1.12. The molecule has 156 valence electrons. The highest BCUT2D eigenvalue weighted by Crippen LogP contribution is 2.23. The Morgan fingerprint density at radius 3 is 2.11 bits per heavy atom. The number of hydrogen-bond acceptors (Lipinski definition) is 4. The summed E-state index contributed by atoms with van der Waals surface area (Å²) in [6.07, 6.45) is 1.11. The number of carboxylic acids is 1. The van der Waals surface area contributed by atoms with Crippen LogP contribution in [0.5, 0.6) is 0 Å². The fraction of sp³-hybridized carbons (Fsp3) is 0.600. The standard InChI is InChI=1S/C20H30N2O5S/c1-4-16(3)17-5-7-18(8-6-17)28(26,27)22-11-9-21(10-12-22)19(23)13-15(2)14-20(24)25/h5-8,15-16H,4,9-14H2,1-3H3,(H,24,25)/t15-,16+/m0/s1. The van der Waals surface area contributed by atoms with Gasteiger partial charge in [0.1, 0.15) is 0 Å². The van der Waals surface area contributed by atoms with Crippen LogP contribution in [-0.2, 0) is 19.6 Å². The molecule has 0 aromatic heterocycles. The number of carboxylic acid groups (broad SMARTS) is 1. The number of benzene rings is 1. The van der Waals surface area contributed by atoms with Gasteiger partial charge in [0.2, 0.25) is 15.9 Å². The first kappa shape index (κ1) is 22.4. The number of carbonyl (C=O) groups is 2. The Labute approximate surface area is 167 Å². The molecule has 1 aliphatic heterocycles. The summed E-state index contributed by atoms with van der Waals surface area (Å²) in [5.74, 6) is -0.898. The zero-order chi connectivity index (χ0) is 20.9. The minimum atomic E-state index is -3.58. The number of amides is 1. The third kappa shape index (κ3) is 5.54. The van der Waals surface area contributed by atoms with Crippen molar-refractivity contribution in [3.63, 3.8) is 0 Å². The third-order valence-corrected chi connectivity index (χ3v) is 7.25. The highest BCUT2D eigenvalue weighted by Gasteiger charge is 2.30. The minimum Gasteiger partial charge on any atom is -0.481 e. The largest absolute Gasteiger partial charge is 0.481 e. The van der Waals surface area contributed by atoms with E-state index in [1.54, 1.807) is 24.0 Å². The first-order chi connectivity index (χ1) is 13.1. The van der Waals surface area contributed by atoms with Crippen molar-refractivity contribution in [1.82, 2.24) is 9.21 Å². The summed E-state index contributed by atoms with van der Waals surface area (Å²) in [6, 6.07) is 7.04. The predicted octanol–water partition coefficient (Wildman–Crippen LogP) is 2.53. The molecule has 1 N–H and O–H groups in total. The first-order valence-corrected chi connectivity index (χ1v) is 11.2. The quantitative estimate of drug-likeness (QED) is 0.711. The zero-order valence-electron chi connectivity index (χ0n) is 16.8. The molecule has 0 unspecified atom stereocenters. The second kappa shape index (κ2) is 9.52.